The molecule has 4 aliphatic carbocycles. The summed E-state index contributed by atoms with van der Waals surface area (Å²) in [7, 11) is 0. The number of aliphatic hydroxyl groups excluding tert-OH is 1. The van der Waals surface area contributed by atoms with E-state index in [0.29, 0.717) is 35.7 Å². The van der Waals surface area contributed by atoms with E-state index in [0.717, 1.165) is 5.57 Å². The monoisotopic (exact) mass is 542 g/mol. The third-order valence-electron chi connectivity index (χ3n) is 10.2. The van der Waals surface area contributed by atoms with Crippen LogP contribution in [0.4, 0.5) is 4.39 Å². The average molecular weight is 543 g/mol. The van der Waals surface area contributed by atoms with Gasteiger partial charge in [-0.05, 0) is 56.6 Å². The van der Waals surface area contributed by atoms with Crippen LogP contribution in [0.1, 0.15) is 67.6 Å². The summed E-state index contributed by atoms with van der Waals surface area (Å²) in [4.78, 5) is 33.4. The van der Waals surface area contributed by atoms with Crippen molar-refractivity contribution in [3.63, 3.8) is 0 Å². The van der Waals surface area contributed by atoms with Crippen LogP contribution < -0.4 is 0 Å². The third-order valence-corrected chi connectivity index (χ3v) is 11.6. The summed E-state index contributed by atoms with van der Waals surface area (Å²) < 4.78 is 17.3. The van der Waals surface area contributed by atoms with Gasteiger partial charge in [0.1, 0.15) is 16.3 Å². The number of aromatic nitrogens is 2. The van der Waals surface area contributed by atoms with Crippen LogP contribution in [-0.4, -0.2) is 43.5 Å². The number of Topliss-reactive ketones (excluding diaryl/α,β-unsaturated/α-hetero) is 1. The maximum absolute atomic E-state index is 17.3. The van der Waals surface area contributed by atoms with Crippen molar-refractivity contribution < 1.29 is 24.2 Å². The van der Waals surface area contributed by atoms with E-state index in [1.807, 2.05) is 19.2 Å². The Hall–Kier alpha value is -2.07. The van der Waals surface area contributed by atoms with Crippen LogP contribution in [0.25, 0.3) is 0 Å². The lowest BCUT2D eigenvalue weighted by molar-refractivity contribution is -0.223. The summed E-state index contributed by atoms with van der Waals surface area (Å²) in [5, 5.41) is 28.1. The summed E-state index contributed by atoms with van der Waals surface area (Å²) in [5.41, 5.74) is -1.88. The van der Waals surface area contributed by atoms with Crippen LogP contribution in [0.15, 0.2) is 40.1 Å². The maximum atomic E-state index is 17.3. The van der Waals surface area contributed by atoms with E-state index in [1.54, 1.807) is 23.9 Å². The van der Waals surface area contributed by atoms with E-state index in [1.165, 1.54) is 34.8 Å². The van der Waals surface area contributed by atoms with Gasteiger partial charge in [-0.25, -0.2) is 14.4 Å². The molecule has 3 fully saturated rings. The zero-order valence-corrected chi connectivity index (χ0v) is 22.7. The van der Waals surface area contributed by atoms with Crippen LogP contribution in [0.2, 0.25) is 0 Å². The Kier molecular flexibility index (Phi) is 5.60. The molecule has 0 bridgehead atoms. The first kappa shape index (κ1) is 25.2. The number of carbonyl (C=O) groups is 2. The van der Waals surface area contributed by atoms with E-state index in [2.05, 4.69) is 4.98 Å². The minimum Gasteiger partial charge on any atom is -0.390 e. The Labute approximate surface area is 223 Å². The number of fused-ring (bicyclic) bond motifs is 5. The SMILES string of the molecule is C[C@@H]1C[C@H]2[C@@H]3CCC4=CC(=O)C=C[C@]4(C)[C@@]3(F)[C@@H](O)C[C@]2(C)[C@@]1(O)c1csc(CC(=O)c2cscn2)n1. The van der Waals surface area contributed by atoms with Crippen molar-refractivity contribution in [3.8, 4) is 0 Å². The molecule has 0 amide bonds. The Morgan fingerprint density at radius 2 is 2.05 bits per heavy atom. The predicted octanol–water partition coefficient (Wildman–Crippen LogP) is 4.83. The molecule has 0 radical (unpaired) electrons. The fourth-order valence-electron chi connectivity index (χ4n) is 8.24. The van der Waals surface area contributed by atoms with E-state index in [-0.39, 0.29) is 36.2 Å². The van der Waals surface area contributed by atoms with E-state index in [9.17, 15) is 19.8 Å². The average Bonchev–Trinajstić information content (AvgIpc) is 3.58. The molecule has 8 atom stereocenters. The first-order chi connectivity index (χ1) is 17.4. The van der Waals surface area contributed by atoms with Crippen LogP contribution in [0.3, 0.4) is 0 Å². The maximum Gasteiger partial charge on any atom is 0.188 e. The molecule has 6 nitrogen and oxygen atoms in total. The van der Waals surface area contributed by atoms with Gasteiger partial charge in [-0.2, -0.15) is 0 Å². The van der Waals surface area contributed by atoms with Crippen LogP contribution in [-0.2, 0) is 16.8 Å². The van der Waals surface area contributed by atoms with Gasteiger partial charge in [0.05, 0.1) is 23.7 Å². The van der Waals surface area contributed by atoms with Crippen molar-refractivity contribution in [1.29, 1.82) is 0 Å². The molecule has 2 N–H and O–H groups in total. The molecule has 0 aliphatic heterocycles. The summed E-state index contributed by atoms with van der Waals surface area (Å²) >= 11 is 2.70. The Balaban J connectivity index is 1.35. The number of hydrogen-bond acceptors (Lipinski definition) is 8. The number of halogens is 1. The highest BCUT2D eigenvalue weighted by atomic mass is 32.1. The van der Waals surface area contributed by atoms with Gasteiger partial charge in [0.15, 0.2) is 17.2 Å². The minimum atomic E-state index is -1.93. The van der Waals surface area contributed by atoms with E-state index in [4.69, 9.17) is 4.98 Å². The predicted molar refractivity (Wildman–Crippen MR) is 139 cm³/mol. The van der Waals surface area contributed by atoms with Crippen LogP contribution >= 0.6 is 22.7 Å². The number of nitrogens with zero attached hydrogens (tertiary/aromatic N) is 2. The second-order valence-electron chi connectivity index (χ2n) is 11.8. The Morgan fingerprint density at radius 3 is 2.78 bits per heavy atom. The second kappa shape index (κ2) is 8.21. The summed E-state index contributed by atoms with van der Waals surface area (Å²) in [6, 6.07) is 0. The van der Waals surface area contributed by atoms with Crippen molar-refractivity contribution in [2.45, 2.75) is 70.2 Å². The molecule has 9 heteroatoms. The van der Waals surface area contributed by atoms with E-state index >= 15 is 4.39 Å². The van der Waals surface area contributed by atoms with Crippen LogP contribution in [0, 0.1) is 28.6 Å². The van der Waals surface area contributed by atoms with Gasteiger partial charge < -0.3 is 10.2 Å². The highest BCUT2D eigenvalue weighted by Crippen LogP contribution is 2.72. The Morgan fingerprint density at radius 1 is 1.27 bits per heavy atom. The number of ketones is 2. The molecular weight excluding hydrogens is 511 g/mol. The molecule has 6 rings (SSSR count). The quantitative estimate of drug-likeness (QED) is 0.537. The molecule has 0 aromatic carbocycles. The van der Waals surface area contributed by atoms with Gasteiger partial charge in [0.2, 0.25) is 0 Å². The van der Waals surface area contributed by atoms with Crippen LogP contribution in [0.5, 0.6) is 0 Å². The lowest BCUT2D eigenvalue weighted by Gasteiger charge is -2.62. The van der Waals surface area contributed by atoms with Crippen molar-refractivity contribution in [1.82, 2.24) is 9.97 Å². The topological polar surface area (TPSA) is 100 Å². The molecule has 0 spiro atoms. The minimum absolute atomic E-state index is 0.0841. The van der Waals surface area contributed by atoms with Gasteiger partial charge in [0, 0.05) is 27.5 Å². The standard InChI is InChI=1S/C28H31FN2O4S2/c1-15-8-19-18-5-4-16-9-17(32)6-7-25(16,2)27(18,29)23(34)11-26(19,3)28(15,35)22-13-37-24(31-22)10-21(33)20-12-36-14-30-20/h6-7,9,12-15,18-19,23,34-35H,4-5,8,10-11H2,1-3H3/t15-,18+,19+,23+,25+,26+,27+,28+/m1/s1. The van der Waals surface area contributed by atoms with Crippen molar-refractivity contribution in [2.75, 3.05) is 0 Å². The molecule has 0 saturated heterocycles. The number of alkyl halides is 1. The van der Waals surface area contributed by atoms with Crippen molar-refractivity contribution >= 4 is 34.2 Å². The molecule has 3 saturated carbocycles. The van der Waals surface area contributed by atoms with Gasteiger partial charge in [-0.3, -0.25) is 9.59 Å². The van der Waals surface area contributed by atoms with Gasteiger partial charge >= 0.3 is 0 Å². The van der Waals surface area contributed by atoms with Crippen molar-refractivity contribution in [3.05, 3.63) is 56.5 Å². The molecule has 2 aromatic heterocycles. The molecular formula is C28H31FN2O4S2. The molecule has 196 valence electrons. The number of allylic oxidation sites excluding steroid dienone is 4. The third kappa shape index (κ3) is 3.20. The molecule has 2 heterocycles. The zero-order valence-electron chi connectivity index (χ0n) is 21.1. The first-order valence-corrected chi connectivity index (χ1v) is 14.7. The molecule has 37 heavy (non-hydrogen) atoms. The van der Waals surface area contributed by atoms with E-state index < -0.39 is 34.1 Å². The smallest absolute Gasteiger partial charge is 0.188 e. The first-order valence-electron chi connectivity index (χ1n) is 12.8. The lowest BCUT2D eigenvalue weighted by atomic mass is 9.44. The van der Waals surface area contributed by atoms with Gasteiger partial charge in [0.25, 0.3) is 0 Å². The summed E-state index contributed by atoms with van der Waals surface area (Å²) in [6.45, 7) is 5.75. The fraction of sp³-hybridized carbons (Fsp3) is 0.571. The normalized spacial score (nSPS) is 42.6. The van der Waals surface area contributed by atoms with Crippen molar-refractivity contribution in [2.24, 2.45) is 28.6 Å². The number of thiazole rings is 2. The highest BCUT2D eigenvalue weighted by Gasteiger charge is 2.74. The largest absolute Gasteiger partial charge is 0.390 e. The molecule has 4 aliphatic rings. The molecule has 0 unspecified atom stereocenters. The summed E-state index contributed by atoms with van der Waals surface area (Å²) in [5.74, 6) is -1.11. The number of hydrogen-bond donors (Lipinski definition) is 2. The lowest BCUT2D eigenvalue weighted by Crippen LogP contribution is -2.68. The highest BCUT2D eigenvalue weighted by molar-refractivity contribution is 7.09. The second-order valence-corrected chi connectivity index (χ2v) is 13.4. The number of carbonyl (C=O) groups excluding carboxylic acids is 2. The Bertz CT molecular complexity index is 1340. The van der Waals surface area contributed by atoms with Gasteiger partial charge in [-0.15, -0.1) is 22.7 Å². The number of rotatable bonds is 4. The fourth-order valence-corrected chi connectivity index (χ4v) is 9.64. The van der Waals surface area contributed by atoms with Gasteiger partial charge in [-0.1, -0.05) is 25.5 Å². The number of aliphatic hydroxyl groups is 2. The molecule has 2 aromatic rings. The summed E-state index contributed by atoms with van der Waals surface area (Å²) in [6.07, 6.45) is 5.21. The zero-order chi connectivity index (χ0) is 26.4.